The Morgan fingerprint density at radius 1 is 0.943 bits per heavy atom. The fourth-order valence-corrected chi connectivity index (χ4v) is 8.99. The number of rotatable bonds is 11. The first-order chi connectivity index (χ1) is 25.4. The number of esters is 1. The second kappa shape index (κ2) is 14.7. The molecule has 3 aromatic carbocycles. The summed E-state index contributed by atoms with van der Waals surface area (Å²) in [7, 11) is 1.31. The molecule has 0 aromatic heterocycles. The maximum absolute atomic E-state index is 15.4. The molecule has 282 valence electrons. The van der Waals surface area contributed by atoms with Gasteiger partial charge in [0.05, 0.1) is 30.1 Å². The molecule has 0 spiro atoms. The molecule has 53 heavy (non-hydrogen) atoms. The van der Waals surface area contributed by atoms with Crippen LogP contribution in [0.4, 0.5) is 13.2 Å². The summed E-state index contributed by atoms with van der Waals surface area (Å²) in [4.78, 5) is 40.7. The zero-order chi connectivity index (χ0) is 37.5. The lowest BCUT2D eigenvalue weighted by molar-refractivity contribution is -0.159. The summed E-state index contributed by atoms with van der Waals surface area (Å²) in [5.41, 5.74) is 0.164. The van der Waals surface area contributed by atoms with E-state index >= 15 is 4.39 Å². The number of benzene rings is 3. The van der Waals surface area contributed by atoms with Crippen molar-refractivity contribution in [1.82, 2.24) is 10.6 Å². The maximum Gasteiger partial charge on any atom is 0.312 e. The van der Waals surface area contributed by atoms with E-state index in [0.717, 1.165) is 41.7 Å². The molecule has 0 saturated heterocycles. The van der Waals surface area contributed by atoms with Crippen LogP contribution in [0.25, 0.3) is 10.8 Å². The van der Waals surface area contributed by atoms with Crippen LogP contribution in [-0.4, -0.2) is 43.6 Å². The van der Waals surface area contributed by atoms with Crippen molar-refractivity contribution in [3.8, 4) is 11.5 Å². The molecule has 0 heterocycles. The first kappa shape index (κ1) is 36.8. The van der Waals surface area contributed by atoms with Crippen LogP contribution >= 0.6 is 0 Å². The molecular formula is C42H47F3N2O6. The Bertz CT molecular complexity index is 1930. The van der Waals surface area contributed by atoms with Gasteiger partial charge in [-0.1, -0.05) is 55.8 Å². The minimum atomic E-state index is -1.77. The lowest BCUT2D eigenvalue weighted by Crippen LogP contribution is -2.52. The summed E-state index contributed by atoms with van der Waals surface area (Å²) in [6, 6.07) is 15.3. The molecule has 8 nitrogen and oxygen atoms in total. The molecule has 11 heteroatoms. The van der Waals surface area contributed by atoms with Crippen LogP contribution in [0.15, 0.2) is 66.3 Å². The summed E-state index contributed by atoms with van der Waals surface area (Å²) in [6.07, 6.45) is 3.27. The quantitative estimate of drug-likeness (QED) is 0.193. The van der Waals surface area contributed by atoms with E-state index in [4.69, 9.17) is 14.2 Å². The SMILES string of the molecule is COc1cc(F)c(OC2CCC(C)(C(=O)OCc3cccc4ccccc34)CC2)cc1C(=O)N[C@H]1[C@@H](C(=O)NCC2(C)CCC2)[C@@H]2CC(=C(F)F)[C@H]1C2. The Kier molecular flexibility index (Phi) is 10.2. The van der Waals surface area contributed by atoms with E-state index in [1.807, 2.05) is 49.4 Å². The zero-order valence-corrected chi connectivity index (χ0v) is 30.4. The Balaban J connectivity index is 1.01. The van der Waals surface area contributed by atoms with Gasteiger partial charge < -0.3 is 24.8 Å². The summed E-state index contributed by atoms with van der Waals surface area (Å²) in [6.45, 7) is 4.65. The highest BCUT2D eigenvalue weighted by molar-refractivity contribution is 5.98. The maximum atomic E-state index is 15.4. The van der Waals surface area contributed by atoms with E-state index in [1.54, 1.807) is 0 Å². The van der Waals surface area contributed by atoms with Crippen LogP contribution in [0, 0.1) is 34.4 Å². The van der Waals surface area contributed by atoms with E-state index in [9.17, 15) is 23.2 Å². The third-order valence-corrected chi connectivity index (χ3v) is 12.5. The number of halogens is 3. The predicted octanol–water partition coefficient (Wildman–Crippen LogP) is 8.27. The highest BCUT2D eigenvalue weighted by Gasteiger charge is 2.55. The van der Waals surface area contributed by atoms with Crippen molar-refractivity contribution in [3.63, 3.8) is 0 Å². The topological polar surface area (TPSA) is 103 Å². The van der Waals surface area contributed by atoms with Gasteiger partial charge in [0.1, 0.15) is 12.4 Å². The molecular weight excluding hydrogens is 685 g/mol. The highest BCUT2D eigenvalue weighted by Crippen LogP contribution is 2.53. The molecule has 4 aliphatic carbocycles. The molecule has 4 aliphatic rings. The second-order valence-electron chi connectivity index (χ2n) is 16.1. The Morgan fingerprint density at radius 2 is 1.68 bits per heavy atom. The molecule has 2 bridgehead atoms. The minimum absolute atomic E-state index is 0.0212. The minimum Gasteiger partial charge on any atom is -0.496 e. The van der Waals surface area contributed by atoms with Crippen LogP contribution in [0.3, 0.4) is 0 Å². The van der Waals surface area contributed by atoms with Crippen molar-refractivity contribution >= 4 is 28.6 Å². The van der Waals surface area contributed by atoms with Gasteiger partial charge in [0.2, 0.25) is 5.91 Å². The number of fused-ring (bicyclic) bond motifs is 3. The number of amides is 2. The summed E-state index contributed by atoms with van der Waals surface area (Å²) >= 11 is 0. The normalized spacial score (nSPS) is 27.1. The number of ether oxygens (including phenoxy) is 3. The van der Waals surface area contributed by atoms with Crippen molar-refractivity contribution in [2.75, 3.05) is 13.7 Å². The van der Waals surface area contributed by atoms with Gasteiger partial charge in [0.25, 0.3) is 12.0 Å². The smallest absolute Gasteiger partial charge is 0.312 e. The van der Waals surface area contributed by atoms with Crippen LogP contribution in [0.2, 0.25) is 0 Å². The zero-order valence-electron chi connectivity index (χ0n) is 30.4. The summed E-state index contributed by atoms with van der Waals surface area (Å²) < 4.78 is 60.6. The molecule has 0 radical (unpaired) electrons. The van der Waals surface area contributed by atoms with Gasteiger partial charge in [-0.15, -0.1) is 0 Å². The van der Waals surface area contributed by atoms with Gasteiger partial charge in [-0.05, 0) is 92.0 Å². The largest absolute Gasteiger partial charge is 0.496 e. The average Bonchev–Trinajstić information content (AvgIpc) is 3.73. The van der Waals surface area contributed by atoms with Crippen LogP contribution < -0.4 is 20.1 Å². The first-order valence-corrected chi connectivity index (χ1v) is 18.7. The fourth-order valence-electron chi connectivity index (χ4n) is 8.99. The molecule has 2 N–H and O–H groups in total. The molecule has 4 atom stereocenters. The predicted molar refractivity (Wildman–Crippen MR) is 193 cm³/mol. The van der Waals surface area contributed by atoms with Crippen molar-refractivity contribution in [2.24, 2.45) is 28.6 Å². The lowest BCUT2D eigenvalue weighted by atomic mass is 9.70. The van der Waals surface area contributed by atoms with Gasteiger partial charge >= 0.3 is 5.97 Å². The van der Waals surface area contributed by atoms with E-state index < -0.39 is 47.2 Å². The molecule has 7 rings (SSSR count). The van der Waals surface area contributed by atoms with E-state index in [-0.39, 0.29) is 58.9 Å². The van der Waals surface area contributed by atoms with Gasteiger partial charge in [0, 0.05) is 30.1 Å². The number of nitrogens with one attached hydrogen (secondary N) is 2. The van der Waals surface area contributed by atoms with Crippen molar-refractivity contribution in [2.45, 2.75) is 90.4 Å². The number of carbonyl (C=O) groups is 3. The monoisotopic (exact) mass is 732 g/mol. The van der Waals surface area contributed by atoms with Gasteiger partial charge in [-0.2, -0.15) is 8.78 Å². The van der Waals surface area contributed by atoms with Crippen LogP contribution in [0.1, 0.15) is 87.6 Å². The van der Waals surface area contributed by atoms with Crippen molar-refractivity contribution < 1.29 is 41.8 Å². The molecule has 4 fully saturated rings. The summed E-state index contributed by atoms with van der Waals surface area (Å²) in [5, 5.41) is 8.01. The average molecular weight is 733 g/mol. The molecule has 2 amide bonds. The third-order valence-electron chi connectivity index (χ3n) is 12.5. The molecule has 0 unspecified atom stereocenters. The molecule has 3 aromatic rings. The Hall–Kier alpha value is -4.54. The van der Waals surface area contributed by atoms with Gasteiger partial charge in [0.15, 0.2) is 11.6 Å². The summed E-state index contributed by atoms with van der Waals surface area (Å²) in [5.74, 6) is -3.82. The van der Waals surface area contributed by atoms with Crippen molar-refractivity contribution in [3.05, 3.63) is 83.2 Å². The van der Waals surface area contributed by atoms with Crippen molar-refractivity contribution in [1.29, 1.82) is 0 Å². The molecule has 0 aliphatic heterocycles. The van der Waals surface area contributed by atoms with Gasteiger partial charge in [-0.3, -0.25) is 14.4 Å². The third kappa shape index (κ3) is 7.36. The fraction of sp³-hybridized carbons (Fsp3) is 0.500. The number of hydrogen-bond acceptors (Lipinski definition) is 6. The van der Waals surface area contributed by atoms with Crippen LogP contribution in [-0.2, 0) is 20.9 Å². The Morgan fingerprint density at radius 3 is 2.38 bits per heavy atom. The van der Waals surface area contributed by atoms with E-state index in [2.05, 4.69) is 17.6 Å². The standard InChI is InChI=1S/C42H47F3N2O6/c1-41(14-7-15-41)23-46-39(49)35-26-18-29(30(19-26)37(44)45)36(35)47-38(48)31-20-34(32(43)21-33(31)51-3)53-27-12-16-42(2,17-13-27)40(50)52-22-25-10-6-9-24-8-4-5-11-28(24)25/h4-6,8-11,20-21,26-27,29,35-36H,7,12-19,22-23H2,1-3H3,(H,46,49)(H,47,48)/t26-,27?,29+,35-,36+,42?/m0/s1. The number of hydrogen-bond donors (Lipinski definition) is 2. The van der Waals surface area contributed by atoms with Crippen LogP contribution in [0.5, 0.6) is 11.5 Å². The molecule has 4 saturated carbocycles. The highest BCUT2D eigenvalue weighted by atomic mass is 19.3. The number of methoxy groups -OCH3 is 1. The van der Waals surface area contributed by atoms with E-state index in [0.29, 0.717) is 38.6 Å². The first-order valence-electron chi connectivity index (χ1n) is 18.7. The second-order valence-corrected chi connectivity index (χ2v) is 16.1. The lowest BCUT2D eigenvalue weighted by Gasteiger charge is -2.39. The number of carbonyl (C=O) groups excluding carboxylic acids is 3. The van der Waals surface area contributed by atoms with E-state index in [1.165, 1.54) is 13.2 Å². The van der Waals surface area contributed by atoms with Gasteiger partial charge in [-0.25, -0.2) is 4.39 Å². The Labute approximate surface area is 307 Å².